The Morgan fingerprint density at radius 1 is 1.53 bits per heavy atom. The predicted molar refractivity (Wildman–Crippen MR) is 68.4 cm³/mol. The van der Waals surface area contributed by atoms with E-state index in [1.54, 1.807) is 0 Å². The second kappa shape index (κ2) is 4.48. The van der Waals surface area contributed by atoms with Gasteiger partial charge >= 0.3 is 0 Å². The van der Waals surface area contributed by atoms with Gasteiger partial charge in [-0.1, -0.05) is 24.9 Å². The lowest BCUT2D eigenvalue weighted by atomic mass is 10.3. The molecule has 6 heteroatoms. The van der Waals surface area contributed by atoms with Gasteiger partial charge in [0, 0.05) is 11.1 Å². The quantitative estimate of drug-likeness (QED) is 0.825. The lowest BCUT2D eigenvalue weighted by molar-refractivity contribution is 0.576. The number of sulfonamides is 1. The first-order valence-electron chi connectivity index (χ1n) is 5.51. The van der Waals surface area contributed by atoms with Crippen LogP contribution in [-0.4, -0.2) is 14.5 Å². The molecule has 1 saturated carbocycles. The summed E-state index contributed by atoms with van der Waals surface area (Å²) in [5.74, 6) is 0.457. The van der Waals surface area contributed by atoms with E-state index in [0.717, 1.165) is 12.8 Å². The smallest absolute Gasteiger partial charge is 0.242 e. The molecule has 0 radical (unpaired) electrons. The minimum Gasteiger partial charge on any atom is -0.398 e. The number of nitrogen functional groups attached to an aromatic ring is 1. The summed E-state index contributed by atoms with van der Waals surface area (Å²) in [4.78, 5) is 0.101. The molecule has 4 nitrogen and oxygen atoms in total. The average Bonchev–Trinajstić information content (AvgIpc) is 2.94. The maximum Gasteiger partial charge on any atom is 0.242 e. The van der Waals surface area contributed by atoms with Gasteiger partial charge < -0.3 is 5.73 Å². The van der Waals surface area contributed by atoms with Crippen molar-refractivity contribution in [1.82, 2.24) is 4.72 Å². The van der Waals surface area contributed by atoms with Crippen LogP contribution in [-0.2, 0) is 10.0 Å². The molecule has 1 fully saturated rings. The Morgan fingerprint density at radius 2 is 2.24 bits per heavy atom. The number of benzene rings is 1. The van der Waals surface area contributed by atoms with Gasteiger partial charge in [-0.3, -0.25) is 0 Å². The maximum atomic E-state index is 12.0. The van der Waals surface area contributed by atoms with Crippen molar-refractivity contribution >= 4 is 27.3 Å². The van der Waals surface area contributed by atoms with Crippen LogP contribution in [0.4, 0.5) is 5.69 Å². The first-order valence-corrected chi connectivity index (χ1v) is 7.37. The Morgan fingerprint density at radius 3 is 2.76 bits per heavy atom. The molecule has 0 amide bonds. The van der Waals surface area contributed by atoms with Gasteiger partial charge in [0.25, 0.3) is 0 Å². The molecule has 0 saturated heterocycles. The predicted octanol–water partition coefficient (Wildman–Crippen LogP) is 2.00. The lowest BCUT2D eigenvalue weighted by Gasteiger charge is -2.08. The van der Waals surface area contributed by atoms with Gasteiger partial charge in [-0.05, 0) is 30.5 Å². The van der Waals surface area contributed by atoms with Crippen molar-refractivity contribution in [2.24, 2.45) is 5.92 Å². The molecular formula is C11H15ClN2O2S. The van der Waals surface area contributed by atoms with Gasteiger partial charge in [0.1, 0.15) is 4.90 Å². The topological polar surface area (TPSA) is 72.2 Å². The zero-order chi connectivity index (χ0) is 12.6. The minimum atomic E-state index is -3.52. The first-order chi connectivity index (χ1) is 7.94. The van der Waals surface area contributed by atoms with Crippen molar-refractivity contribution < 1.29 is 8.42 Å². The van der Waals surface area contributed by atoms with Gasteiger partial charge in [0.15, 0.2) is 0 Å². The van der Waals surface area contributed by atoms with E-state index in [-0.39, 0.29) is 16.6 Å². The van der Waals surface area contributed by atoms with Gasteiger partial charge in [-0.2, -0.15) is 0 Å². The molecule has 2 rings (SSSR count). The fourth-order valence-electron chi connectivity index (χ4n) is 1.87. The van der Waals surface area contributed by atoms with E-state index in [0.29, 0.717) is 10.9 Å². The second-order valence-corrected chi connectivity index (χ2v) is 6.43. The van der Waals surface area contributed by atoms with E-state index in [2.05, 4.69) is 11.6 Å². The number of anilines is 1. The Labute approximate surface area is 106 Å². The van der Waals surface area contributed by atoms with Crippen LogP contribution < -0.4 is 10.5 Å². The summed E-state index contributed by atoms with van der Waals surface area (Å²) in [7, 11) is -3.52. The molecule has 1 aliphatic carbocycles. The van der Waals surface area contributed by atoms with Crippen LogP contribution >= 0.6 is 11.6 Å². The summed E-state index contributed by atoms with van der Waals surface area (Å²) < 4.78 is 26.7. The zero-order valence-corrected chi connectivity index (χ0v) is 11.1. The Hall–Kier alpha value is -0.780. The third-order valence-electron chi connectivity index (χ3n) is 3.01. The van der Waals surface area contributed by atoms with Crippen LogP contribution in [0.25, 0.3) is 0 Å². The molecule has 2 unspecified atom stereocenters. The van der Waals surface area contributed by atoms with Crippen molar-refractivity contribution in [1.29, 1.82) is 0 Å². The van der Waals surface area contributed by atoms with Crippen LogP contribution in [0, 0.1) is 5.92 Å². The molecule has 2 atom stereocenters. The van der Waals surface area contributed by atoms with Gasteiger partial charge in [0.2, 0.25) is 10.0 Å². The summed E-state index contributed by atoms with van der Waals surface area (Å²) in [6.45, 7) is 2.05. The standard InChI is InChI=1S/C11H15ClN2O2S/c1-2-7-5-10(7)14-17(15,16)11-4-3-8(12)6-9(11)13/h3-4,6-7,10,14H,2,5,13H2,1H3. The number of hydrogen-bond acceptors (Lipinski definition) is 3. The summed E-state index contributed by atoms with van der Waals surface area (Å²) in [5.41, 5.74) is 5.85. The van der Waals surface area contributed by atoms with E-state index in [9.17, 15) is 8.42 Å². The highest BCUT2D eigenvalue weighted by Crippen LogP contribution is 2.35. The third kappa shape index (κ3) is 2.73. The third-order valence-corrected chi connectivity index (χ3v) is 4.81. The zero-order valence-electron chi connectivity index (χ0n) is 9.48. The van der Waals surface area contributed by atoms with Crippen molar-refractivity contribution in [3.63, 3.8) is 0 Å². The molecule has 1 aliphatic rings. The molecule has 0 spiro atoms. The fraction of sp³-hybridized carbons (Fsp3) is 0.455. The highest BCUT2D eigenvalue weighted by Gasteiger charge is 2.38. The Bertz CT molecular complexity index is 530. The van der Waals surface area contributed by atoms with Crippen LogP contribution in [0.5, 0.6) is 0 Å². The molecule has 17 heavy (non-hydrogen) atoms. The van der Waals surface area contributed by atoms with E-state index in [1.165, 1.54) is 18.2 Å². The molecule has 1 aromatic carbocycles. The molecule has 94 valence electrons. The van der Waals surface area contributed by atoms with Crippen molar-refractivity contribution in [3.05, 3.63) is 23.2 Å². The van der Waals surface area contributed by atoms with Gasteiger partial charge in [-0.25, -0.2) is 13.1 Å². The second-order valence-electron chi connectivity index (χ2n) is 4.31. The lowest BCUT2D eigenvalue weighted by Crippen LogP contribution is -2.27. The molecule has 1 aromatic rings. The van der Waals surface area contributed by atoms with Gasteiger partial charge in [0.05, 0.1) is 5.69 Å². The highest BCUT2D eigenvalue weighted by atomic mass is 35.5. The summed E-state index contributed by atoms with van der Waals surface area (Å²) in [6.07, 6.45) is 1.90. The van der Waals surface area contributed by atoms with Crippen molar-refractivity contribution in [2.45, 2.75) is 30.7 Å². The Kier molecular flexibility index (Phi) is 3.34. The average molecular weight is 275 g/mol. The van der Waals surface area contributed by atoms with E-state index in [4.69, 9.17) is 17.3 Å². The maximum absolute atomic E-state index is 12.0. The molecule has 0 aliphatic heterocycles. The summed E-state index contributed by atoms with van der Waals surface area (Å²) in [5, 5.41) is 0.430. The number of nitrogens with two attached hydrogens (primary N) is 1. The number of hydrogen-bond donors (Lipinski definition) is 2. The van der Waals surface area contributed by atoms with Gasteiger partial charge in [-0.15, -0.1) is 0 Å². The van der Waals surface area contributed by atoms with Crippen LogP contribution in [0.1, 0.15) is 19.8 Å². The number of nitrogens with one attached hydrogen (secondary N) is 1. The summed E-state index contributed by atoms with van der Waals surface area (Å²) >= 11 is 5.74. The molecular weight excluding hydrogens is 260 g/mol. The first kappa shape index (κ1) is 12.7. The largest absolute Gasteiger partial charge is 0.398 e. The fourth-order valence-corrected chi connectivity index (χ4v) is 3.48. The molecule has 0 bridgehead atoms. The highest BCUT2D eigenvalue weighted by molar-refractivity contribution is 7.89. The monoisotopic (exact) mass is 274 g/mol. The van der Waals surface area contributed by atoms with Crippen molar-refractivity contribution in [2.75, 3.05) is 5.73 Å². The van der Waals surface area contributed by atoms with E-state index in [1.807, 2.05) is 0 Å². The SMILES string of the molecule is CCC1CC1NS(=O)(=O)c1ccc(Cl)cc1N. The number of rotatable bonds is 4. The van der Waals surface area contributed by atoms with Crippen molar-refractivity contribution in [3.8, 4) is 0 Å². The minimum absolute atomic E-state index is 0.0556. The van der Waals surface area contributed by atoms with E-state index >= 15 is 0 Å². The van der Waals surface area contributed by atoms with Crippen LogP contribution in [0.2, 0.25) is 5.02 Å². The normalized spacial score (nSPS) is 23.6. The summed E-state index contributed by atoms with van der Waals surface area (Å²) in [6, 6.07) is 4.46. The number of halogens is 1. The molecule has 3 N–H and O–H groups in total. The molecule has 0 heterocycles. The Balaban J connectivity index is 2.20. The van der Waals surface area contributed by atoms with Crippen LogP contribution in [0.15, 0.2) is 23.1 Å². The molecule has 0 aromatic heterocycles. The van der Waals surface area contributed by atoms with E-state index < -0.39 is 10.0 Å². The van der Waals surface area contributed by atoms with Crippen LogP contribution in [0.3, 0.4) is 0 Å².